The van der Waals surface area contributed by atoms with E-state index in [4.69, 9.17) is 9.47 Å². The van der Waals surface area contributed by atoms with Crippen LogP contribution in [0.3, 0.4) is 0 Å². The minimum absolute atomic E-state index is 0.258. The van der Waals surface area contributed by atoms with Crippen molar-refractivity contribution < 1.29 is 19.1 Å². The molecule has 2 aliphatic rings. The Hall–Kier alpha value is -2.37. The topological polar surface area (TPSA) is 77.5 Å². The molecule has 0 aromatic carbocycles. The number of esters is 1. The van der Waals surface area contributed by atoms with Crippen LogP contribution in [0, 0.1) is 5.92 Å². The van der Waals surface area contributed by atoms with E-state index in [0.717, 1.165) is 25.0 Å². The molecule has 0 bridgehead atoms. The second-order valence-electron chi connectivity index (χ2n) is 9.06. The van der Waals surface area contributed by atoms with Crippen molar-refractivity contribution in [1.82, 2.24) is 10.3 Å². The number of pyridine rings is 1. The summed E-state index contributed by atoms with van der Waals surface area (Å²) in [6.45, 7) is 5.52. The molecule has 6 heteroatoms. The normalized spacial score (nSPS) is 22.9. The molecule has 29 heavy (non-hydrogen) atoms. The van der Waals surface area contributed by atoms with E-state index in [1.165, 1.54) is 19.3 Å². The molecule has 1 aromatic rings. The lowest BCUT2D eigenvalue weighted by molar-refractivity contribution is -0.140. The summed E-state index contributed by atoms with van der Waals surface area (Å²) in [5.74, 6) is 0.200. The van der Waals surface area contributed by atoms with E-state index in [0.29, 0.717) is 17.9 Å². The van der Waals surface area contributed by atoms with Crippen LogP contribution in [0.25, 0.3) is 6.08 Å². The first kappa shape index (κ1) is 21.3. The first-order valence-electron chi connectivity index (χ1n) is 10.6. The first-order chi connectivity index (χ1) is 13.8. The number of amides is 1. The maximum atomic E-state index is 12.4. The number of aromatic nitrogens is 1. The van der Waals surface area contributed by atoms with Gasteiger partial charge in [0.25, 0.3) is 0 Å². The Labute approximate surface area is 173 Å². The third-order valence-electron chi connectivity index (χ3n) is 5.41. The van der Waals surface area contributed by atoms with Crippen molar-refractivity contribution in [3.63, 3.8) is 0 Å². The van der Waals surface area contributed by atoms with Gasteiger partial charge < -0.3 is 14.8 Å². The minimum Gasteiger partial charge on any atom is -0.456 e. The number of nitrogens with one attached hydrogen (secondary N) is 1. The van der Waals surface area contributed by atoms with Crippen LogP contribution >= 0.6 is 0 Å². The zero-order valence-electron chi connectivity index (χ0n) is 17.6. The van der Waals surface area contributed by atoms with Crippen LogP contribution in [0.15, 0.2) is 30.0 Å². The van der Waals surface area contributed by atoms with Gasteiger partial charge in [0.05, 0.1) is 11.7 Å². The fraction of sp³-hybridized carbons (Fsp3) is 0.609. The first-order valence-corrected chi connectivity index (χ1v) is 10.6. The molecule has 2 fully saturated rings. The lowest BCUT2D eigenvalue weighted by Gasteiger charge is -2.30. The van der Waals surface area contributed by atoms with E-state index < -0.39 is 11.7 Å². The van der Waals surface area contributed by atoms with Crippen LogP contribution < -0.4 is 5.32 Å². The van der Waals surface area contributed by atoms with Gasteiger partial charge in [0.1, 0.15) is 11.7 Å². The molecule has 1 aliphatic carbocycles. The monoisotopic (exact) mass is 400 g/mol. The number of nitrogens with zero attached hydrogens (tertiary/aromatic N) is 1. The van der Waals surface area contributed by atoms with Gasteiger partial charge in [-0.3, -0.25) is 4.98 Å². The third-order valence-corrected chi connectivity index (χ3v) is 5.41. The number of carbonyl (C=O) groups is 2. The van der Waals surface area contributed by atoms with E-state index in [1.807, 2.05) is 39.0 Å². The van der Waals surface area contributed by atoms with E-state index in [1.54, 1.807) is 12.3 Å². The summed E-state index contributed by atoms with van der Waals surface area (Å²) in [6, 6.07) is 5.31. The van der Waals surface area contributed by atoms with E-state index in [-0.39, 0.29) is 18.1 Å². The second kappa shape index (κ2) is 9.42. The number of cyclic esters (lactones) is 1. The summed E-state index contributed by atoms with van der Waals surface area (Å²) in [6.07, 6.45) is 9.91. The molecule has 1 amide bonds. The quantitative estimate of drug-likeness (QED) is 0.575. The molecule has 1 saturated carbocycles. The average Bonchev–Trinajstić information content (AvgIpc) is 3.02. The summed E-state index contributed by atoms with van der Waals surface area (Å²) >= 11 is 0. The Kier molecular flexibility index (Phi) is 6.93. The largest absolute Gasteiger partial charge is 0.456 e. The van der Waals surface area contributed by atoms with Gasteiger partial charge in [0.2, 0.25) is 0 Å². The number of ether oxygens (including phenoxy) is 2. The Morgan fingerprint density at radius 2 is 2.07 bits per heavy atom. The second-order valence-corrected chi connectivity index (χ2v) is 9.06. The summed E-state index contributed by atoms with van der Waals surface area (Å²) in [4.78, 5) is 29.1. The molecule has 0 radical (unpaired) electrons. The highest BCUT2D eigenvalue weighted by Crippen LogP contribution is 2.32. The predicted octanol–water partition coefficient (Wildman–Crippen LogP) is 4.64. The van der Waals surface area contributed by atoms with Gasteiger partial charge in [-0.05, 0) is 51.3 Å². The van der Waals surface area contributed by atoms with Crippen molar-refractivity contribution in [1.29, 1.82) is 0 Å². The molecule has 158 valence electrons. The molecule has 2 heterocycles. The Bertz CT molecular complexity index is 733. The lowest BCUT2D eigenvalue weighted by Crippen LogP contribution is -2.46. The van der Waals surface area contributed by atoms with Crippen molar-refractivity contribution in [3.05, 3.63) is 35.7 Å². The van der Waals surface area contributed by atoms with Crippen LogP contribution in [0.1, 0.15) is 71.4 Å². The maximum Gasteiger partial charge on any atom is 0.408 e. The summed E-state index contributed by atoms with van der Waals surface area (Å²) in [5.41, 5.74) is 0.743. The molecule has 1 aliphatic heterocycles. The van der Waals surface area contributed by atoms with E-state index in [2.05, 4.69) is 10.3 Å². The molecule has 2 atom stereocenters. The van der Waals surface area contributed by atoms with Crippen LogP contribution in [-0.2, 0) is 14.3 Å². The highest BCUT2D eigenvalue weighted by molar-refractivity contribution is 5.95. The van der Waals surface area contributed by atoms with Gasteiger partial charge in [-0.2, -0.15) is 0 Å². The molecule has 1 N–H and O–H groups in total. The molecule has 1 saturated heterocycles. The summed E-state index contributed by atoms with van der Waals surface area (Å²) in [7, 11) is 0. The van der Waals surface area contributed by atoms with Crippen molar-refractivity contribution in [2.45, 2.75) is 83.5 Å². The summed E-state index contributed by atoms with van der Waals surface area (Å²) in [5, 5.41) is 2.99. The molecule has 0 spiro atoms. The molecular formula is C23H32N2O4. The smallest absolute Gasteiger partial charge is 0.408 e. The predicted molar refractivity (Wildman–Crippen MR) is 111 cm³/mol. The lowest BCUT2D eigenvalue weighted by atomic mass is 9.83. The van der Waals surface area contributed by atoms with Gasteiger partial charge in [-0.15, -0.1) is 0 Å². The Morgan fingerprint density at radius 1 is 1.31 bits per heavy atom. The fourth-order valence-corrected chi connectivity index (χ4v) is 4.08. The van der Waals surface area contributed by atoms with Crippen LogP contribution in [-0.4, -0.2) is 34.8 Å². The van der Waals surface area contributed by atoms with Gasteiger partial charge in [-0.1, -0.05) is 38.2 Å². The Morgan fingerprint density at radius 3 is 2.72 bits per heavy atom. The standard InChI is InChI=1S/C23H32N2O4/c1-23(2,3)29-22(27)25-19(13-16-9-5-4-6-10-16)20-15-17(21(26)28-20)14-18-11-7-8-12-24-18/h7-8,11-12,14,16,19-20H,4-6,9-10,13,15H2,1-3H3,(H,25,27)/t19-,20-/m0/s1. The van der Waals surface area contributed by atoms with Gasteiger partial charge in [0, 0.05) is 18.2 Å². The minimum atomic E-state index is -0.574. The molecule has 3 rings (SSSR count). The van der Waals surface area contributed by atoms with Crippen LogP contribution in [0.2, 0.25) is 0 Å². The van der Waals surface area contributed by atoms with Crippen LogP contribution in [0.5, 0.6) is 0 Å². The van der Waals surface area contributed by atoms with Crippen molar-refractivity contribution >= 4 is 18.1 Å². The summed E-state index contributed by atoms with van der Waals surface area (Å²) < 4.78 is 11.1. The number of hydrogen-bond acceptors (Lipinski definition) is 5. The molecule has 0 unspecified atom stereocenters. The number of rotatable bonds is 5. The number of carbonyl (C=O) groups excluding carboxylic acids is 2. The maximum absolute atomic E-state index is 12.4. The zero-order chi connectivity index (χ0) is 20.9. The fourth-order valence-electron chi connectivity index (χ4n) is 4.08. The highest BCUT2D eigenvalue weighted by atomic mass is 16.6. The van der Waals surface area contributed by atoms with Crippen molar-refractivity contribution in [2.75, 3.05) is 0 Å². The highest BCUT2D eigenvalue weighted by Gasteiger charge is 2.37. The van der Waals surface area contributed by atoms with Gasteiger partial charge in [-0.25, -0.2) is 9.59 Å². The molecule has 6 nitrogen and oxygen atoms in total. The SMILES string of the molecule is CC(C)(C)OC(=O)N[C@@H](CC1CCCCC1)[C@@H]1CC(=Cc2ccccn2)C(=O)O1. The van der Waals surface area contributed by atoms with Gasteiger partial charge in [0.15, 0.2) is 0 Å². The number of hydrogen-bond donors (Lipinski definition) is 1. The molecular weight excluding hydrogens is 368 g/mol. The number of alkyl carbamates (subject to hydrolysis) is 1. The average molecular weight is 401 g/mol. The zero-order valence-corrected chi connectivity index (χ0v) is 17.6. The van der Waals surface area contributed by atoms with Crippen molar-refractivity contribution in [2.24, 2.45) is 5.92 Å². The van der Waals surface area contributed by atoms with E-state index >= 15 is 0 Å². The van der Waals surface area contributed by atoms with Crippen molar-refractivity contribution in [3.8, 4) is 0 Å². The van der Waals surface area contributed by atoms with Gasteiger partial charge >= 0.3 is 12.1 Å². The Balaban J connectivity index is 1.71. The molecule has 1 aromatic heterocycles. The third kappa shape index (κ3) is 6.58. The van der Waals surface area contributed by atoms with Crippen LogP contribution in [0.4, 0.5) is 4.79 Å². The van der Waals surface area contributed by atoms with E-state index in [9.17, 15) is 9.59 Å².